The molecular weight excluding hydrogens is 378 g/mol. The van der Waals surface area contributed by atoms with Gasteiger partial charge in [0.1, 0.15) is 23.7 Å². The predicted octanol–water partition coefficient (Wildman–Crippen LogP) is 4.62. The summed E-state index contributed by atoms with van der Waals surface area (Å²) in [6, 6.07) is 12.9. The summed E-state index contributed by atoms with van der Waals surface area (Å²) < 4.78 is 21.3. The quantitative estimate of drug-likeness (QED) is 0.310. The molecule has 0 aliphatic heterocycles. The lowest BCUT2D eigenvalue weighted by Gasteiger charge is -2.12. The van der Waals surface area contributed by atoms with E-state index < -0.39 is 10.9 Å². The van der Waals surface area contributed by atoms with Gasteiger partial charge in [-0.25, -0.2) is 4.79 Å². The van der Waals surface area contributed by atoms with E-state index in [2.05, 4.69) is 0 Å². The van der Waals surface area contributed by atoms with Crippen LogP contribution in [-0.4, -0.2) is 24.6 Å². The number of nitrogens with zero attached hydrogens (tertiary/aromatic N) is 1. The number of non-ortho nitro benzene ring substituents is 1. The minimum Gasteiger partial charge on any atom is -0.497 e. The van der Waals surface area contributed by atoms with Crippen LogP contribution in [0.1, 0.15) is 23.0 Å². The zero-order valence-electron chi connectivity index (χ0n) is 15.9. The number of rotatable bonds is 8. The average molecular weight is 397 g/mol. The molecular formula is C21H19NO7. The molecule has 3 rings (SSSR count). The number of hydrogen-bond donors (Lipinski definition) is 0. The zero-order chi connectivity index (χ0) is 20.8. The number of nitro groups is 1. The third kappa shape index (κ3) is 4.55. The summed E-state index contributed by atoms with van der Waals surface area (Å²) in [4.78, 5) is 22.7. The Morgan fingerprint density at radius 1 is 1.14 bits per heavy atom. The second kappa shape index (κ2) is 8.92. The van der Waals surface area contributed by atoms with Crippen LogP contribution in [0.3, 0.4) is 0 Å². The maximum absolute atomic E-state index is 12.0. The van der Waals surface area contributed by atoms with Crippen molar-refractivity contribution in [3.63, 3.8) is 0 Å². The fraction of sp³-hybridized carbons (Fsp3) is 0.190. The molecule has 150 valence electrons. The molecule has 0 N–H and O–H groups in total. The number of carbonyl (C=O) groups is 1. The number of carbonyl (C=O) groups excluding carboxylic acids is 1. The van der Waals surface area contributed by atoms with Crippen molar-refractivity contribution in [2.24, 2.45) is 0 Å². The lowest BCUT2D eigenvalue weighted by Crippen LogP contribution is -2.08. The normalized spacial score (nSPS) is 10.4. The van der Waals surface area contributed by atoms with Gasteiger partial charge >= 0.3 is 5.97 Å². The summed E-state index contributed by atoms with van der Waals surface area (Å²) in [5.41, 5.74) is 1.47. The Morgan fingerprint density at radius 3 is 2.55 bits per heavy atom. The Morgan fingerprint density at radius 2 is 1.90 bits per heavy atom. The second-order valence-corrected chi connectivity index (χ2v) is 5.93. The van der Waals surface area contributed by atoms with Gasteiger partial charge in [0.2, 0.25) is 0 Å². The van der Waals surface area contributed by atoms with Gasteiger partial charge in [-0.3, -0.25) is 10.1 Å². The molecule has 3 aromatic rings. The third-order valence-electron chi connectivity index (χ3n) is 4.17. The molecule has 0 aliphatic carbocycles. The Labute approximate surface area is 166 Å². The van der Waals surface area contributed by atoms with Gasteiger partial charge in [0.25, 0.3) is 5.69 Å². The molecule has 0 atom stereocenters. The minimum atomic E-state index is -0.501. The van der Waals surface area contributed by atoms with Gasteiger partial charge in [0, 0.05) is 17.7 Å². The lowest BCUT2D eigenvalue weighted by atomic mass is 10.0. The van der Waals surface area contributed by atoms with Crippen LogP contribution in [0.15, 0.2) is 59.2 Å². The van der Waals surface area contributed by atoms with Crippen LogP contribution >= 0.6 is 0 Å². The van der Waals surface area contributed by atoms with Crippen LogP contribution in [0.4, 0.5) is 5.69 Å². The highest BCUT2D eigenvalue weighted by atomic mass is 16.6. The van der Waals surface area contributed by atoms with Crippen molar-refractivity contribution in [1.82, 2.24) is 0 Å². The van der Waals surface area contributed by atoms with Crippen LogP contribution in [0.2, 0.25) is 0 Å². The predicted molar refractivity (Wildman–Crippen MR) is 104 cm³/mol. The Kier molecular flexibility index (Phi) is 6.13. The molecule has 8 nitrogen and oxygen atoms in total. The summed E-state index contributed by atoms with van der Waals surface area (Å²) >= 11 is 0. The van der Waals surface area contributed by atoms with Gasteiger partial charge in [-0.1, -0.05) is 12.1 Å². The SMILES string of the molecule is CCOC(=O)c1ccoc1COc1ccc([N+](=O)[O-])cc1-c1ccc(OC)cc1. The first-order chi connectivity index (χ1) is 14.0. The molecule has 0 fully saturated rings. The largest absolute Gasteiger partial charge is 0.497 e. The van der Waals surface area contributed by atoms with Crippen molar-refractivity contribution in [3.8, 4) is 22.6 Å². The summed E-state index contributed by atoms with van der Waals surface area (Å²) in [7, 11) is 1.56. The van der Waals surface area contributed by atoms with E-state index in [0.29, 0.717) is 22.8 Å². The van der Waals surface area contributed by atoms with Gasteiger partial charge < -0.3 is 18.6 Å². The minimum absolute atomic E-state index is 0.0396. The van der Waals surface area contributed by atoms with Gasteiger partial charge in [-0.2, -0.15) is 0 Å². The maximum atomic E-state index is 12.0. The van der Waals surface area contributed by atoms with Gasteiger partial charge in [-0.15, -0.1) is 0 Å². The zero-order valence-corrected chi connectivity index (χ0v) is 15.9. The van der Waals surface area contributed by atoms with Crippen molar-refractivity contribution in [3.05, 3.63) is 76.2 Å². The number of methoxy groups -OCH3 is 1. The van der Waals surface area contributed by atoms with E-state index in [9.17, 15) is 14.9 Å². The first kappa shape index (κ1) is 19.9. The number of ether oxygens (including phenoxy) is 3. The number of furan rings is 1. The Hall–Kier alpha value is -3.81. The molecule has 0 aliphatic rings. The standard InChI is InChI=1S/C21H19NO7/c1-3-27-21(23)17-10-11-28-20(17)13-29-19-9-6-15(22(24)25)12-18(19)14-4-7-16(26-2)8-5-14/h4-12H,3,13H2,1-2H3. The van der Waals surface area contributed by atoms with Crippen LogP contribution < -0.4 is 9.47 Å². The molecule has 29 heavy (non-hydrogen) atoms. The molecule has 1 heterocycles. The summed E-state index contributed by atoms with van der Waals surface area (Å²) in [5.74, 6) is 0.879. The van der Waals surface area contributed by atoms with Crippen LogP contribution in [-0.2, 0) is 11.3 Å². The molecule has 0 bridgehead atoms. The topological polar surface area (TPSA) is 101 Å². The Balaban J connectivity index is 1.90. The molecule has 0 unspecified atom stereocenters. The van der Waals surface area contributed by atoms with Crippen LogP contribution in [0.25, 0.3) is 11.1 Å². The van der Waals surface area contributed by atoms with Crippen molar-refractivity contribution >= 4 is 11.7 Å². The number of nitro benzene ring substituents is 1. The van der Waals surface area contributed by atoms with Gasteiger partial charge in [0.05, 0.1) is 24.9 Å². The molecule has 0 saturated heterocycles. The first-order valence-electron chi connectivity index (χ1n) is 8.82. The highest BCUT2D eigenvalue weighted by molar-refractivity contribution is 5.90. The van der Waals surface area contributed by atoms with E-state index in [1.165, 1.54) is 30.5 Å². The van der Waals surface area contributed by atoms with Crippen LogP contribution in [0.5, 0.6) is 11.5 Å². The van der Waals surface area contributed by atoms with Gasteiger partial charge in [-0.05, 0) is 36.8 Å². The number of hydrogen-bond acceptors (Lipinski definition) is 7. The number of benzene rings is 2. The summed E-state index contributed by atoms with van der Waals surface area (Å²) in [5, 5.41) is 11.2. The van der Waals surface area contributed by atoms with E-state index >= 15 is 0 Å². The smallest absolute Gasteiger partial charge is 0.341 e. The molecule has 0 radical (unpaired) electrons. The second-order valence-electron chi connectivity index (χ2n) is 5.93. The van der Waals surface area contributed by atoms with Crippen LogP contribution in [0, 0.1) is 10.1 Å². The van der Waals surface area contributed by atoms with Crippen molar-refractivity contribution in [2.45, 2.75) is 13.5 Å². The highest BCUT2D eigenvalue weighted by Crippen LogP contribution is 2.35. The fourth-order valence-corrected chi connectivity index (χ4v) is 2.74. The van der Waals surface area contributed by atoms with E-state index in [-0.39, 0.29) is 24.5 Å². The van der Waals surface area contributed by atoms with E-state index in [1.54, 1.807) is 38.3 Å². The molecule has 0 spiro atoms. The lowest BCUT2D eigenvalue weighted by molar-refractivity contribution is -0.384. The Bertz CT molecular complexity index is 1010. The van der Waals surface area contributed by atoms with Crippen molar-refractivity contribution in [1.29, 1.82) is 0 Å². The first-order valence-corrected chi connectivity index (χ1v) is 8.82. The fourth-order valence-electron chi connectivity index (χ4n) is 2.74. The van der Waals surface area contributed by atoms with E-state index in [0.717, 1.165) is 5.56 Å². The van der Waals surface area contributed by atoms with E-state index in [4.69, 9.17) is 18.6 Å². The monoisotopic (exact) mass is 397 g/mol. The average Bonchev–Trinajstić information content (AvgIpc) is 3.21. The van der Waals surface area contributed by atoms with E-state index in [1.807, 2.05) is 0 Å². The molecule has 8 heteroatoms. The maximum Gasteiger partial charge on any atom is 0.341 e. The third-order valence-corrected chi connectivity index (χ3v) is 4.17. The number of esters is 1. The summed E-state index contributed by atoms with van der Waals surface area (Å²) in [6.07, 6.45) is 1.38. The van der Waals surface area contributed by atoms with Crippen molar-refractivity contribution in [2.75, 3.05) is 13.7 Å². The molecule has 0 amide bonds. The van der Waals surface area contributed by atoms with Gasteiger partial charge in [0.15, 0.2) is 5.76 Å². The highest BCUT2D eigenvalue weighted by Gasteiger charge is 2.18. The molecule has 1 aromatic heterocycles. The van der Waals surface area contributed by atoms with Crippen molar-refractivity contribution < 1.29 is 28.3 Å². The summed E-state index contributed by atoms with van der Waals surface area (Å²) in [6.45, 7) is 1.92. The molecule has 0 saturated carbocycles. The molecule has 2 aromatic carbocycles.